The van der Waals surface area contributed by atoms with E-state index in [2.05, 4.69) is 4.90 Å². The van der Waals surface area contributed by atoms with E-state index >= 15 is 0 Å². The summed E-state index contributed by atoms with van der Waals surface area (Å²) in [5.41, 5.74) is 0. The second-order valence-corrected chi connectivity index (χ2v) is 6.50. The lowest BCUT2D eigenvalue weighted by Crippen LogP contribution is -2.65. The second-order valence-electron chi connectivity index (χ2n) is 6.50. The molecule has 8 nitrogen and oxygen atoms in total. The first-order valence-corrected chi connectivity index (χ1v) is 7.94. The van der Waals surface area contributed by atoms with Crippen LogP contribution in [0.15, 0.2) is 16.5 Å². The predicted molar refractivity (Wildman–Crippen MR) is 85.1 cm³/mol. The molecular weight excluding hydrogens is 312 g/mol. The Morgan fingerprint density at radius 3 is 2.75 bits per heavy atom. The molecule has 1 aromatic heterocycles. The third kappa shape index (κ3) is 3.01. The van der Waals surface area contributed by atoms with Gasteiger partial charge < -0.3 is 19.1 Å². The van der Waals surface area contributed by atoms with Crippen molar-refractivity contribution >= 4 is 17.7 Å². The number of carbonyl (C=O) groups excluding carboxylic acids is 3. The zero-order valence-electron chi connectivity index (χ0n) is 14.2. The Labute approximate surface area is 140 Å². The van der Waals surface area contributed by atoms with Gasteiger partial charge in [-0.05, 0) is 12.1 Å². The van der Waals surface area contributed by atoms with Gasteiger partial charge in [0.1, 0.15) is 11.8 Å². The van der Waals surface area contributed by atoms with Gasteiger partial charge >= 0.3 is 0 Å². The smallest absolute Gasteiger partial charge is 0.289 e. The average molecular weight is 334 g/mol. The van der Waals surface area contributed by atoms with Crippen LogP contribution >= 0.6 is 0 Å². The van der Waals surface area contributed by atoms with Crippen molar-refractivity contribution in [2.45, 2.75) is 12.6 Å². The molecule has 2 fully saturated rings. The van der Waals surface area contributed by atoms with E-state index in [1.54, 1.807) is 38.2 Å². The Hall–Kier alpha value is -2.35. The molecular formula is C16H22N4O4. The number of hydrogen-bond acceptors (Lipinski definition) is 5. The molecule has 0 N–H and O–H groups in total. The van der Waals surface area contributed by atoms with Gasteiger partial charge in [-0.25, -0.2) is 0 Å². The summed E-state index contributed by atoms with van der Waals surface area (Å²) in [6, 6.07) is 3.02. The molecule has 1 atom stereocenters. The van der Waals surface area contributed by atoms with E-state index in [9.17, 15) is 14.4 Å². The molecule has 0 bridgehead atoms. The zero-order chi connectivity index (χ0) is 17.4. The molecule has 3 heterocycles. The highest BCUT2D eigenvalue weighted by atomic mass is 16.4. The van der Waals surface area contributed by atoms with Crippen LogP contribution in [0.25, 0.3) is 0 Å². The minimum absolute atomic E-state index is 0.00128. The molecule has 2 aliphatic rings. The van der Waals surface area contributed by atoms with Gasteiger partial charge in [0.25, 0.3) is 5.91 Å². The molecule has 8 heteroatoms. The number of furan rings is 1. The van der Waals surface area contributed by atoms with E-state index in [4.69, 9.17) is 4.42 Å². The van der Waals surface area contributed by atoms with Gasteiger partial charge in [0.05, 0.1) is 13.1 Å². The van der Waals surface area contributed by atoms with Crippen molar-refractivity contribution in [3.8, 4) is 0 Å². The first kappa shape index (κ1) is 16.5. The van der Waals surface area contributed by atoms with E-state index in [0.29, 0.717) is 37.7 Å². The van der Waals surface area contributed by atoms with Gasteiger partial charge in [0.15, 0.2) is 5.76 Å². The summed E-state index contributed by atoms with van der Waals surface area (Å²) in [6.07, 6.45) is 0. The minimum Gasteiger partial charge on any atom is -0.455 e. The molecule has 130 valence electrons. The number of likely N-dealkylation sites (N-methyl/N-ethyl adjacent to an activating group) is 1. The summed E-state index contributed by atoms with van der Waals surface area (Å²) >= 11 is 0. The van der Waals surface area contributed by atoms with Gasteiger partial charge in [-0.15, -0.1) is 0 Å². The van der Waals surface area contributed by atoms with Crippen LogP contribution in [-0.2, 0) is 16.1 Å². The lowest BCUT2D eigenvalue weighted by molar-refractivity contribution is -0.158. The van der Waals surface area contributed by atoms with Crippen molar-refractivity contribution in [3.63, 3.8) is 0 Å². The van der Waals surface area contributed by atoms with Gasteiger partial charge in [-0.3, -0.25) is 19.3 Å². The second kappa shape index (κ2) is 6.27. The monoisotopic (exact) mass is 334 g/mol. The maximum absolute atomic E-state index is 12.3. The fourth-order valence-electron chi connectivity index (χ4n) is 3.14. The molecule has 0 aliphatic carbocycles. The van der Waals surface area contributed by atoms with Crippen molar-refractivity contribution in [1.29, 1.82) is 0 Å². The summed E-state index contributed by atoms with van der Waals surface area (Å²) < 4.78 is 5.61. The normalized spacial score (nSPS) is 21.9. The number of fused-ring (bicyclic) bond motifs is 1. The highest BCUT2D eigenvalue weighted by Crippen LogP contribution is 2.19. The summed E-state index contributed by atoms with van der Waals surface area (Å²) in [7, 11) is 5.00. The van der Waals surface area contributed by atoms with Crippen LogP contribution in [-0.4, -0.2) is 90.7 Å². The molecule has 0 aromatic carbocycles. The van der Waals surface area contributed by atoms with Crippen molar-refractivity contribution in [2.75, 3.05) is 47.3 Å². The summed E-state index contributed by atoms with van der Waals surface area (Å²) in [5.74, 6) is 0.774. The SMILES string of the molecule is CN(C)C(=O)c1ccc(CN2CCN3C(=O)CN(C)C(=O)[C@H]3C2)o1. The Morgan fingerprint density at radius 2 is 2.04 bits per heavy atom. The Balaban J connectivity index is 1.66. The van der Waals surface area contributed by atoms with Gasteiger partial charge in [-0.2, -0.15) is 0 Å². The molecule has 3 rings (SSSR count). The minimum atomic E-state index is -0.428. The molecule has 0 unspecified atom stereocenters. The standard InChI is InChI=1S/C16H22N4O4/c1-17(2)16(23)13-5-4-11(24-13)8-19-6-7-20-12(9-19)15(22)18(3)10-14(20)21/h4-5,12H,6-10H2,1-3H3/t12-/m1/s1. The van der Waals surface area contributed by atoms with Crippen LogP contribution in [0, 0.1) is 0 Å². The fourth-order valence-corrected chi connectivity index (χ4v) is 3.14. The lowest BCUT2D eigenvalue weighted by atomic mass is 10.1. The van der Waals surface area contributed by atoms with Crippen LogP contribution in [0.1, 0.15) is 16.3 Å². The van der Waals surface area contributed by atoms with Crippen molar-refractivity contribution in [1.82, 2.24) is 19.6 Å². The number of carbonyl (C=O) groups is 3. The molecule has 0 saturated carbocycles. The third-order valence-corrected chi connectivity index (χ3v) is 4.48. The Morgan fingerprint density at radius 1 is 1.29 bits per heavy atom. The van der Waals surface area contributed by atoms with E-state index in [0.717, 1.165) is 0 Å². The summed E-state index contributed by atoms with van der Waals surface area (Å²) in [6.45, 7) is 2.36. The largest absolute Gasteiger partial charge is 0.455 e. The highest BCUT2D eigenvalue weighted by Gasteiger charge is 2.41. The first-order valence-electron chi connectivity index (χ1n) is 7.94. The molecule has 2 aliphatic heterocycles. The van der Waals surface area contributed by atoms with Crippen molar-refractivity contribution < 1.29 is 18.8 Å². The molecule has 0 spiro atoms. The average Bonchev–Trinajstić information content (AvgIpc) is 3.00. The summed E-state index contributed by atoms with van der Waals surface area (Å²) in [5, 5.41) is 0. The molecule has 2 saturated heterocycles. The van der Waals surface area contributed by atoms with Crippen molar-refractivity contribution in [2.24, 2.45) is 0 Å². The van der Waals surface area contributed by atoms with Crippen LogP contribution in [0.5, 0.6) is 0 Å². The Kier molecular flexibility index (Phi) is 4.31. The van der Waals surface area contributed by atoms with Gasteiger partial charge in [0.2, 0.25) is 11.8 Å². The maximum atomic E-state index is 12.3. The van der Waals surface area contributed by atoms with Gasteiger partial charge in [0, 0.05) is 40.8 Å². The number of piperazine rings is 2. The van der Waals surface area contributed by atoms with Crippen LogP contribution in [0.2, 0.25) is 0 Å². The van der Waals surface area contributed by atoms with Gasteiger partial charge in [-0.1, -0.05) is 0 Å². The fraction of sp³-hybridized carbons (Fsp3) is 0.562. The quantitative estimate of drug-likeness (QED) is 0.742. The number of amides is 3. The maximum Gasteiger partial charge on any atom is 0.289 e. The molecule has 24 heavy (non-hydrogen) atoms. The zero-order valence-corrected chi connectivity index (χ0v) is 14.2. The molecule has 0 radical (unpaired) electrons. The van der Waals surface area contributed by atoms with E-state index in [-0.39, 0.29) is 24.3 Å². The van der Waals surface area contributed by atoms with Crippen LogP contribution < -0.4 is 0 Å². The predicted octanol–water partition coefficient (Wildman–Crippen LogP) is -0.534. The summed E-state index contributed by atoms with van der Waals surface area (Å²) in [4.78, 5) is 42.9. The van der Waals surface area contributed by atoms with Crippen LogP contribution in [0.4, 0.5) is 0 Å². The van der Waals surface area contributed by atoms with E-state index < -0.39 is 6.04 Å². The molecule has 3 amide bonds. The van der Waals surface area contributed by atoms with E-state index in [1.807, 2.05) is 0 Å². The highest BCUT2D eigenvalue weighted by molar-refractivity contribution is 5.95. The van der Waals surface area contributed by atoms with E-state index in [1.165, 1.54) is 9.80 Å². The first-order chi connectivity index (χ1) is 11.4. The molecule has 1 aromatic rings. The lowest BCUT2D eigenvalue weighted by Gasteiger charge is -2.45. The number of hydrogen-bond donors (Lipinski definition) is 0. The number of rotatable bonds is 3. The Bertz CT molecular complexity index is 669. The topological polar surface area (TPSA) is 77.3 Å². The van der Waals surface area contributed by atoms with Crippen LogP contribution in [0.3, 0.4) is 0 Å². The number of nitrogens with zero attached hydrogens (tertiary/aromatic N) is 4. The third-order valence-electron chi connectivity index (χ3n) is 4.48. The van der Waals surface area contributed by atoms with Crippen molar-refractivity contribution in [3.05, 3.63) is 23.7 Å².